The van der Waals surface area contributed by atoms with Crippen LogP contribution in [0.2, 0.25) is 0 Å². The maximum atomic E-state index is 13.7. The summed E-state index contributed by atoms with van der Waals surface area (Å²) in [6.45, 7) is 2.51. The molecule has 0 unspecified atom stereocenters. The molecule has 0 fully saturated rings. The van der Waals surface area contributed by atoms with Crippen molar-refractivity contribution < 1.29 is 14.3 Å². The van der Waals surface area contributed by atoms with Gasteiger partial charge in [0.25, 0.3) is 11.7 Å². The molecule has 2 heterocycles. The summed E-state index contributed by atoms with van der Waals surface area (Å²) in [5, 5.41) is 2.99. The van der Waals surface area contributed by atoms with Crippen LogP contribution in [-0.4, -0.2) is 22.7 Å². The molecule has 5 aromatic rings. The van der Waals surface area contributed by atoms with Gasteiger partial charge in [-0.1, -0.05) is 78.9 Å². The SMILES string of the molecule is CCOc1ccc(-c2cc3ccccn3c2C(=O)C(=O)NC(c2ccccc2)c2ccccc2)cc1. The van der Waals surface area contributed by atoms with E-state index >= 15 is 0 Å². The second-order valence-electron chi connectivity index (χ2n) is 8.42. The summed E-state index contributed by atoms with van der Waals surface area (Å²) < 4.78 is 7.33. The lowest BCUT2D eigenvalue weighted by molar-refractivity contribution is -0.117. The van der Waals surface area contributed by atoms with E-state index in [4.69, 9.17) is 4.74 Å². The molecule has 36 heavy (non-hydrogen) atoms. The minimum atomic E-state index is -0.663. The molecular formula is C31H26N2O3. The van der Waals surface area contributed by atoms with E-state index in [0.717, 1.165) is 28.0 Å². The number of benzene rings is 3. The van der Waals surface area contributed by atoms with Gasteiger partial charge >= 0.3 is 0 Å². The minimum Gasteiger partial charge on any atom is -0.494 e. The van der Waals surface area contributed by atoms with Crippen molar-refractivity contribution in [2.75, 3.05) is 6.61 Å². The monoisotopic (exact) mass is 474 g/mol. The molecule has 0 saturated carbocycles. The molecule has 0 atom stereocenters. The summed E-state index contributed by atoms with van der Waals surface area (Å²) in [6, 6.07) is 34.0. The first-order valence-electron chi connectivity index (χ1n) is 11.9. The van der Waals surface area contributed by atoms with Crippen molar-refractivity contribution in [3.8, 4) is 16.9 Å². The highest BCUT2D eigenvalue weighted by atomic mass is 16.5. The van der Waals surface area contributed by atoms with Crippen molar-refractivity contribution in [2.45, 2.75) is 13.0 Å². The first kappa shape index (κ1) is 23.1. The first-order chi connectivity index (χ1) is 17.7. The summed E-state index contributed by atoms with van der Waals surface area (Å²) in [7, 11) is 0. The average molecular weight is 475 g/mol. The predicted octanol–water partition coefficient (Wildman–Crippen LogP) is 6.09. The van der Waals surface area contributed by atoms with E-state index < -0.39 is 17.7 Å². The molecule has 178 valence electrons. The Kier molecular flexibility index (Phi) is 6.63. The topological polar surface area (TPSA) is 59.8 Å². The lowest BCUT2D eigenvalue weighted by Crippen LogP contribution is -2.35. The number of aromatic nitrogens is 1. The second kappa shape index (κ2) is 10.3. The van der Waals surface area contributed by atoms with Gasteiger partial charge in [0, 0.05) is 17.3 Å². The van der Waals surface area contributed by atoms with E-state index in [1.165, 1.54) is 0 Å². The molecule has 0 aliphatic carbocycles. The molecule has 0 aliphatic rings. The Bertz CT molecular complexity index is 1450. The van der Waals surface area contributed by atoms with E-state index in [9.17, 15) is 9.59 Å². The van der Waals surface area contributed by atoms with Crippen molar-refractivity contribution >= 4 is 17.2 Å². The van der Waals surface area contributed by atoms with Crippen LogP contribution in [0.25, 0.3) is 16.6 Å². The van der Waals surface area contributed by atoms with Crippen molar-refractivity contribution in [1.29, 1.82) is 0 Å². The van der Waals surface area contributed by atoms with Gasteiger partial charge in [0.15, 0.2) is 0 Å². The fourth-order valence-electron chi connectivity index (χ4n) is 4.43. The molecule has 0 aliphatic heterocycles. The molecular weight excluding hydrogens is 448 g/mol. The van der Waals surface area contributed by atoms with Crippen LogP contribution < -0.4 is 10.1 Å². The zero-order valence-corrected chi connectivity index (χ0v) is 19.9. The molecule has 2 aromatic heterocycles. The highest BCUT2D eigenvalue weighted by Crippen LogP contribution is 2.30. The molecule has 1 amide bonds. The third-order valence-corrected chi connectivity index (χ3v) is 6.12. The number of ether oxygens (including phenoxy) is 1. The quantitative estimate of drug-likeness (QED) is 0.219. The summed E-state index contributed by atoms with van der Waals surface area (Å²) in [5.74, 6) is -0.505. The fourth-order valence-corrected chi connectivity index (χ4v) is 4.43. The second-order valence-corrected chi connectivity index (χ2v) is 8.42. The number of rotatable bonds is 8. The minimum absolute atomic E-state index is 0.326. The summed E-state index contributed by atoms with van der Waals surface area (Å²) in [6.07, 6.45) is 1.81. The Labute approximate surface area is 210 Å². The summed E-state index contributed by atoms with van der Waals surface area (Å²) >= 11 is 0. The maximum absolute atomic E-state index is 13.7. The van der Waals surface area contributed by atoms with Crippen LogP contribution in [0.4, 0.5) is 0 Å². The molecule has 5 heteroatoms. The number of fused-ring (bicyclic) bond motifs is 1. The third kappa shape index (κ3) is 4.64. The Morgan fingerprint density at radius 2 is 1.42 bits per heavy atom. The number of hydrogen-bond donors (Lipinski definition) is 1. The number of nitrogens with zero attached hydrogens (tertiary/aromatic N) is 1. The smallest absolute Gasteiger partial charge is 0.294 e. The van der Waals surface area contributed by atoms with Crippen LogP contribution in [0.5, 0.6) is 5.75 Å². The Morgan fingerprint density at radius 3 is 2.03 bits per heavy atom. The third-order valence-electron chi connectivity index (χ3n) is 6.12. The van der Waals surface area contributed by atoms with Crippen LogP contribution in [0.15, 0.2) is 115 Å². The van der Waals surface area contributed by atoms with Crippen LogP contribution >= 0.6 is 0 Å². The van der Waals surface area contributed by atoms with Crippen LogP contribution in [0.1, 0.15) is 34.6 Å². The lowest BCUT2D eigenvalue weighted by atomic mass is 9.98. The summed E-state index contributed by atoms with van der Waals surface area (Å²) in [5.41, 5.74) is 4.49. The number of hydrogen-bond acceptors (Lipinski definition) is 3. The van der Waals surface area contributed by atoms with Gasteiger partial charge in [-0.15, -0.1) is 0 Å². The number of carbonyl (C=O) groups is 2. The predicted molar refractivity (Wildman–Crippen MR) is 141 cm³/mol. The molecule has 5 rings (SSSR count). The first-order valence-corrected chi connectivity index (χ1v) is 11.9. The van der Waals surface area contributed by atoms with Crippen LogP contribution in [0, 0.1) is 0 Å². The Balaban J connectivity index is 1.53. The van der Waals surface area contributed by atoms with Crippen molar-refractivity contribution in [3.05, 3.63) is 132 Å². The molecule has 3 aromatic carbocycles. The molecule has 1 N–H and O–H groups in total. The van der Waals surface area contributed by atoms with Gasteiger partial charge in [-0.25, -0.2) is 0 Å². The molecule has 5 nitrogen and oxygen atoms in total. The largest absolute Gasteiger partial charge is 0.494 e. The van der Waals surface area contributed by atoms with Crippen molar-refractivity contribution in [2.24, 2.45) is 0 Å². The molecule has 0 spiro atoms. The number of nitrogens with one attached hydrogen (secondary N) is 1. The highest BCUT2D eigenvalue weighted by molar-refractivity contribution is 6.43. The zero-order chi connectivity index (χ0) is 24.9. The number of Topliss-reactive ketones (excluding diaryl/α,β-unsaturated/α-hetero) is 1. The van der Waals surface area contributed by atoms with E-state index in [1.807, 2.05) is 116 Å². The van der Waals surface area contributed by atoms with Gasteiger partial charge in [-0.05, 0) is 53.9 Å². The van der Waals surface area contributed by atoms with Crippen LogP contribution in [0.3, 0.4) is 0 Å². The number of ketones is 1. The zero-order valence-electron chi connectivity index (χ0n) is 19.9. The van der Waals surface area contributed by atoms with E-state index in [0.29, 0.717) is 17.9 Å². The normalized spacial score (nSPS) is 10.9. The lowest BCUT2D eigenvalue weighted by Gasteiger charge is -2.19. The van der Waals surface area contributed by atoms with Crippen LogP contribution in [-0.2, 0) is 4.79 Å². The van der Waals surface area contributed by atoms with Gasteiger partial charge in [0.1, 0.15) is 11.4 Å². The van der Waals surface area contributed by atoms with Gasteiger partial charge in [-0.2, -0.15) is 0 Å². The number of amides is 1. The molecule has 0 saturated heterocycles. The van der Waals surface area contributed by atoms with Gasteiger partial charge in [0.05, 0.1) is 12.6 Å². The Hall–Kier alpha value is -4.64. The van der Waals surface area contributed by atoms with Crippen molar-refractivity contribution in [1.82, 2.24) is 9.72 Å². The van der Waals surface area contributed by atoms with Gasteiger partial charge in [0.2, 0.25) is 0 Å². The maximum Gasteiger partial charge on any atom is 0.294 e. The standard InChI is InChI=1S/C31H26N2O3/c1-2-36-26-18-16-22(17-19-26)27-21-25-15-9-10-20-33(25)29(27)30(34)31(35)32-28(23-11-5-3-6-12-23)24-13-7-4-8-14-24/h3-21,28H,2H2,1H3,(H,32,35). The van der Waals surface area contributed by atoms with E-state index in [2.05, 4.69) is 5.32 Å². The summed E-state index contributed by atoms with van der Waals surface area (Å²) in [4.78, 5) is 27.2. The number of pyridine rings is 1. The van der Waals surface area contributed by atoms with Crippen molar-refractivity contribution in [3.63, 3.8) is 0 Å². The van der Waals surface area contributed by atoms with Gasteiger partial charge < -0.3 is 14.5 Å². The number of carbonyl (C=O) groups excluding carboxylic acids is 2. The highest BCUT2D eigenvalue weighted by Gasteiger charge is 2.27. The fraction of sp³-hybridized carbons (Fsp3) is 0.0968. The molecule has 0 radical (unpaired) electrons. The van der Waals surface area contributed by atoms with Gasteiger partial charge in [-0.3, -0.25) is 9.59 Å². The van der Waals surface area contributed by atoms with E-state index in [1.54, 1.807) is 10.6 Å². The average Bonchev–Trinajstić information content (AvgIpc) is 3.32. The molecule has 0 bridgehead atoms. The van der Waals surface area contributed by atoms with E-state index in [-0.39, 0.29) is 0 Å². The Morgan fingerprint density at radius 1 is 0.806 bits per heavy atom.